The molecule has 11 heteroatoms. The molecule has 4 rings (SSSR count). The molecule has 0 saturated heterocycles. The van der Waals surface area contributed by atoms with Gasteiger partial charge in [0.25, 0.3) is 5.56 Å². The molecular weight excluding hydrogens is 536 g/mol. The molecule has 0 saturated carbocycles. The van der Waals surface area contributed by atoms with Gasteiger partial charge in [-0.15, -0.1) is 0 Å². The van der Waals surface area contributed by atoms with Crippen LogP contribution in [0, 0.1) is 0 Å². The molecule has 0 bridgehead atoms. The van der Waals surface area contributed by atoms with Crippen LogP contribution in [0.5, 0.6) is 11.5 Å². The number of thiazole rings is 1. The first kappa shape index (κ1) is 28.5. The molecular formula is C29H28N2O8S. The van der Waals surface area contributed by atoms with E-state index in [0.29, 0.717) is 37.5 Å². The Morgan fingerprint density at radius 2 is 1.73 bits per heavy atom. The number of esters is 3. The fraction of sp³-hybridized carbons (Fsp3) is 0.276. The third-order valence-corrected chi connectivity index (χ3v) is 6.95. The summed E-state index contributed by atoms with van der Waals surface area (Å²) in [5.41, 5.74) is 1.84. The molecule has 2 aromatic carbocycles. The van der Waals surface area contributed by atoms with E-state index in [1.165, 1.54) is 37.0 Å². The van der Waals surface area contributed by atoms with Crippen LogP contribution in [0.3, 0.4) is 0 Å². The topological polar surface area (TPSA) is 122 Å². The zero-order valence-electron chi connectivity index (χ0n) is 22.8. The predicted molar refractivity (Wildman–Crippen MR) is 147 cm³/mol. The van der Waals surface area contributed by atoms with Crippen LogP contribution in [0.25, 0.3) is 6.08 Å². The van der Waals surface area contributed by atoms with E-state index in [-0.39, 0.29) is 23.0 Å². The van der Waals surface area contributed by atoms with Gasteiger partial charge in [0.2, 0.25) is 0 Å². The molecule has 0 radical (unpaired) electrons. The van der Waals surface area contributed by atoms with E-state index in [2.05, 4.69) is 4.99 Å². The number of aromatic nitrogens is 1. The third kappa shape index (κ3) is 5.74. The lowest BCUT2D eigenvalue weighted by Crippen LogP contribution is -2.40. The SMILES string of the molecule is COC(=O)c1ccc(C2C(C(=O)OC(C)C)=C(C)N=c3sc(=Cc4ccc(OC(C)=O)c(OC)c4)c(=O)n32)cc1. The van der Waals surface area contributed by atoms with Gasteiger partial charge in [-0.1, -0.05) is 29.5 Å². The van der Waals surface area contributed by atoms with Crippen molar-refractivity contribution in [3.05, 3.63) is 90.1 Å². The van der Waals surface area contributed by atoms with Crippen molar-refractivity contribution in [3.8, 4) is 11.5 Å². The largest absolute Gasteiger partial charge is 0.493 e. The van der Waals surface area contributed by atoms with Crippen LogP contribution in [0.15, 0.2) is 63.5 Å². The molecule has 2 heterocycles. The van der Waals surface area contributed by atoms with Crippen LogP contribution >= 0.6 is 11.3 Å². The predicted octanol–water partition coefficient (Wildman–Crippen LogP) is 2.91. The van der Waals surface area contributed by atoms with Gasteiger partial charge in [0.05, 0.1) is 47.7 Å². The van der Waals surface area contributed by atoms with E-state index in [9.17, 15) is 19.2 Å². The van der Waals surface area contributed by atoms with Gasteiger partial charge in [-0.3, -0.25) is 14.2 Å². The highest BCUT2D eigenvalue weighted by Crippen LogP contribution is 2.32. The van der Waals surface area contributed by atoms with Crippen molar-refractivity contribution in [3.63, 3.8) is 0 Å². The molecule has 1 aliphatic heterocycles. The summed E-state index contributed by atoms with van der Waals surface area (Å²) in [5.74, 6) is -0.987. The number of hydrogen-bond donors (Lipinski definition) is 0. The summed E-state index contributed by atoms with van der Waals surface area (Å²) < 4.78 is 22.6. The Balaban J connectivity index is 1.88. The van der Waals surface area contributed by atoms with E-state index in [1.807, 2.05) is 0 Å². The highest BCUT2D eigenvalue weighted by Gasteiger charge is 2.34. The summed E-state index contributed by atoms with van der Waals surface area (Å²) in [6, 6.07) is 10.6. The molecule has 1 atom stereocenters. The number of rotatable bonds is 7. The van der Waals surface area contributed by atoms with Crippen LogP contribution in [-0.4, -0.2) is 42.8 Å². The number of allylic oxidation sites excluding steroid dienone is 1. The van der Waals surface area contributed by atoms with Gasteiger partial charge in [-0.2, -0.15) is 0 Å². The number of carbonyl (C=O) groups is 3. The lowest BCUT2D eigenvalue weighted by molar-refractivity contribution is -0.143. The van der Waals surface area contributed by atoms with Crippen molar-refractivity contribution < 1.29 is 33.3 Å². The number of nitrogens with zero attached hydrogens (tertiary/aromatic N) is 2. The average molecular weight is 565 g/mol. The lowest BCUT2D eigenvalue weighted by Gasteiger charge is -2.25. The fourth-order valence-electron chi connectivity index (χ4n) is 4.26. The standard InChI is InChI=1S/C29H28N2O8S/c1-15(2)38-28(35)24-16(3)30-29-31(25(24)19-8-10-20(11-9-19)27(34)37-6)26(33)23(40-29)14-18-7-12-21(39-17(4)32)22(13-18)36-5/h7-15,25H,1-6H3. The molecule has 0 N–H and O–H groups in total. The summed E-state index contributed by atoms with van der Waals surface area (Å²) in [6.07, 6.45) is 1.29. The van der Waals surface area contributed by atoms with Crippen molar-refractivity contribution in [2.75, 3.05) is 14.2 Å². The van der Waals surface area contributed by atoms with Gasteiger partial charge in [0, 0.05) is 6.92 Å². The van der Waals surface area contributed by atoms with Gasteiger partial charge >= 0.3 is 17.9 Å². The van der Waals surface area contributed by atoms with Gasteiger partial charge < -0.3 is 18.9 Å². The molecule has 0 amide bonds. The van der Waals surface area contributed by atoms with Crippen LogP contribution < -0.4 is 24.4 Å². The maximum absolute atomic E-state index is 13.8. The summed E-state index contributed by atoms with van der Waals surface area (Å²) in [7, 11) is 2.74. The summed E-state index contributed by atoms with van der Waals surface area (Å²) in [6.45, 7) is 6.47. The zero-order chi connectivity index (χ0) is 29.1. The Morgan fingerprint density at radius 1 is 1.02 bits per heavy atom. The Kier molecular flexibility index (Phi) is 8.34. The lowest BCUT2D eigenvalue weighted by atomic mass is 9.95. The summed E-state index contributed by atoms with van der Waals surface area (Å²) >= 11 is 1.17. The monoisotopic (exact) mass is 564 g/mol. The highest BCUT2D eigenvalue weighted by atomic mass is 32.1. The Bertz CT molecular complexity index is 1700. The molecule has 0 spiro atoms. The summed E-state index contributed by atoms with van der Waals surface area (Å²) in [4.78, 5) is 55.4. The molecule has 1 unspecified atom stereocenters. The number of ether oxygens (including phenoxy) is 4. The maximum atomic E-state index is 13.8. The Morgan fingerprint density at radius 3 is 2.33 bits per heavy atom. The van der Waals surface area contributed by atoms with Crippen LogP contribution in [0.1, 0.15) is 55.2 Å². The summed E-state index contributed by atoms with van der Waals surface area (Å²) in [5, 5.41) is 0. The normalized spacial score (nSPS) is 14.9. The molecule has 1 aromatic heterocycles. The molecule has 1 aliphatic rings. The van der Waals surface area contributed by atoms with Crippen LogP contribution in [-0.2, 0) is 19.1 Å². The zero-order valence-corrected chi connectivity index (χ0v) is 23.7. The minimum atomic E-state index is -0.836. The van der Waals surface area contributed by atoms with Crippen molar-refractivity contribution in [2.24, 2.45) is 4.99 Å². The number of carbonyl (C=O) groups excluding carboxylic acids is 3. The molecule has 0 aliphatic carbocycles. The van der Waals surface area contributed by atoms with E-state index in [0.717, 1.165) is 0 Å². The second-order valence-corrected chi connectivity index (χ2v) is 10.2. The van der Waals surface area contributed by atoms with Gasteiger partial charge in [-0.25, -0.2) is 14.6 Å². The quantitative estimate of drug-likeness (QED) is 0.317. The van der Waals surface area contributed by atoms with E-state index in [1.54, 1.807) is 69.3 Å². The minimum absolute atomic E-state index is 0.228. The Hall–Kier alpha value is -4.51. The molecule has 40 heavy (non-hydrogen) atoms. The molecule has 3 aromatic rings. The highest BCUT2D eigenvalue weighted by molar-refractivity contribution is 7.07. The average Bonchev–Trinajstić information content (AvgIpc) is 3.21. The smallest absolute Gasteiger partial charge is 0.338 e. The second kappa shape index (κ2) is 11.7. The maximum Gasteiger partial charge on any atom is 0.338 e. The fourth-order valence-corrected chi connectivity index (χ4v) is 5.31. The third-order valence-electron chi connectivity index (χ3n) is 5.97. The van der Waals surface area contributed by atoms with E-state index in [4.69, 9.17) is 18.9 Å². The number of methoxy groups -OCH3 is 2. The molecule has 0 fully saturated rings. The van der Waals surface area contributed by atoms with Gasteiger partial charge in [0.1, 0.15) is 0 Å². The van der Waals surface area contributed by atoms with E-state index < -0.39 is 23.9 Å². The number of hydrogen-bond acceptors (Lipinski definition) is 10. The van der Waals surface area contributed by atoms with Crippen LogP contribution in [0.4, 0.5) is 0 Å². The first-order valence-electron chi connectivity index (χ1n) is 12.3. The van der Waals surface area contributed by atoms with Gasteiger partial charge in [-0.05, 0) is 62.2 Å². The number of benzene rings is 2. The van der Waals surface area contributed by atoms with E-state index >= 15 is 0 Å². The Labute approximate surface area is 233 Å². The second-order valence-electron chi connectivity index (χ2n) is 9.15. The van der Waals surface area contributed by atoms with Crippen molar-refractivity contribution in [1.82, 2.24) is 4.57 Å². The van der Waals surface area contributed by atoms with Crippen LogP contribution in [0.2, 0.25) is 0 Å². The van der Waals surface area contributed by atoms with Crippen molar-refractivity contribution in [1.29, 1.82) is 0 Å². The van der Waals surface area contributed by atoms with Crippen molar-refractivity contribution in [2.45, 2.75) is 39.8 Å². The van der Waals surface area contributed by atoms with Gasteiger partial charge in [0.15, 0.2) is 16.3 Å². The number of fused-ring (bicyclic) bond motifs is 1. The molecule has 208 valence electrons. The minimum Gasteiger partial charge on any atom is -0.493 e. The first-order chi connectivity index (χ1) is 19.0. The first-order valence-corrected chi connectivity index (χ1v) is 13.1. The van der Waals surface area contributed by atoms with Crippen molar-refractivity contribution >= 4 is 35.3 Å². The molecule has 10 nitrogen and oxygen atoms in total.